The highest BCUT2D eigenvalue weighted by molar-refractivity contribution is 6.04. The maximum absolute atomic E-state index is 15.9. The fourth-order valence-corrected chi connectivity index (χ4v) is 5.96. The van der Waals surface area contributed by atoms with Gasteiger partial charge in [0.15, 0.2) is 11.6 Å². The van der Waals surface area contributed by atoms with Gasteiger partial charge in [-0.1, -0.05) is 6.92 Å². The van der Waals surface area contributed by atoms with Crippen LogP contribution in [0.5, 0.6) is 11.6 Å². The van der Waals surface area contributed by atoms with Gasteiger partial charge >= 0.3 is 12.1 Å². The van der Waals surface area contributed by atoms with Gasteiger partial charge in [-0.15, -0.1) is 0 Å². The number of anilines is 1. The zero-order chi connectivity index (χ0) is 34.6. The third-order valence-corrected chi connectivity index (χ3v) is 8.69. The van der Waals surface area contributed by atoms with Crippen molar-refractivity contribution in [2.24, 2.45) is 11.8 Å². The third-order valence-electron chi connectivity index (χ3n) is 8.69. The van der Waals surface area contributed by atoms with Crippen LogP contribution in [0.4, 0.5) is 23.2 Å². The molecular weight excluding hydrogens is 638 g/mol. The molecule has 0 aliphatic heterocycles. The summed E-state index contributed by atoms with van der Waals surface area (Å²) in [7, 11) is 3.95. The zero-order valence-electron chi connectivity index (χ0n) is 27.3. The van der Waals surface area contributed by atoms with Crippen LogP contribution in [0.1, 0.15) is 78.5 Å². The number of hydrogen-bond donors (Lipinski definition) is 0. The Kier molecular flexibility index (Phi) is 11.0. The van der Waals surface area contributed by atoms with Gasteiger partial charge in [0.25, 0.3) is 0 Å². The summed E-state index contributed by atoms with van der Waals surface area (Å²) < 4.78 is 79.7. The standard InChI is InChI=1S/C33H39F4N5O6/c1-19-5-7-22(8-6-19)31(43)42(23(17-45-2)18-46-3)28-13-26(34)29(12-24(28)32(44)47-4)48-30-25(33(35,36)37)11-20(14-38-30)16-41-39-15-27(40-41)21-9-10-21/h11-15,19,21-23H,5-10,16-18H2,1-4H3/t19-,22-. The summed E-state index contributed by atoms with van der Waals surface area (Å²) in [5, 5.41) is 8.46. The molecule has 2 saturated carbocycles. The van der Waals surface area contributed by atoms with E-state index in [1.54, 1.807) is 6.20 Å². The molecule has 11 nitrogen and oxygen atoms in total. The fourth-order valence-electron chi connectivity index (χ4n) is 5.96. The smallest absolute Gasteiger partial charge is 0.421 e. The number of aromatic nitrogens is 4. The van der Waals surface area contributed by atoms with Gasteiger partial charge in [-0.2, -0.15) is 28.2 Å². The van der Waals surface area contributed by atoms with Gasteiger partial charge in [0.1, 0.15) is 5.56 Å². The molecule has 0 bridgehead atoms. The van der Waals surface area contributed by atoms with Crippen LogP contribution < -0.4 is 9.64 Å². The second kappa shape index (κ2) is 15.0. The number of ether oxygens (including phenoxy) is 4. The van der Waals surface area contributed by atoms with Crippen LogP contribution >= 0.6 is 0 Å². The summed E-state index contributed by atoms with van der Waals surface area (Å²) >= 11 is 0. The number of carbonyl (C=O) groups is 2. The second-order valence-electron chi connectivity index (χ2n) is 12.4. The number of methoxy groups -OCH3 is 3. The highest BCUT2D eigenvalue weighted by Crippen LogP contribution is 2.41. The van der Waals surface area contributed by atoms with Gasteiger partial charge in [-0.3, -0.25) is 4.79 Å². The van der Waals surface area contributed by atoms with Crippen molar-refractivity contribution in [1.29, 1.82) is 0 Å². The van der Waals surface area contributed by atoms with Crippen LogP contribution in [0.25, 0.3) is 0 Å². The first-order chi connectivity index (χ1) is 22.9. The van der Waals surface area contributed by atoms with Crippen molar-refractivity contribution >= 4 is 17.6 Å². The number of nitrogens with zero attached hydrogens (tertiary/aromatic N) is 5. The molecule has 260 valence electrons. The number of pyridine rings is 1. The Morgan fingerprint density at radius 2 is 1.69 bits per heavy atom. The van der Waals surface area contributed by atoms with Gasteiger partial charge in [0, 0.05) is 44.4 Å². The number of carbonyl (C=O) groups excluding carboxylic acids is 2. The average molecular weight is 678 g/mol. The van der Waals surface area contributed by atoms with E-state index in [9.17, 15) is 22.8 Å². The Morgan fingerprint density at radius 3 is 2.29 bits per heavy atom. The van der Waals surface area contributed by atoms with E-state index in [4.69, 9.17) is 18.9 Å². The second-order valence-corrected chi connectivity index (χ2v) is 12.4. The average Bonchev–Trinajstić information content (AvgIpc) is 3.80. The van der Waals surface area contributed by atoms with Crippen LogP contribution in [0.2, 0.25) is 0 Å². The van der Waals surface area contributed by atoms with Crippen molar-refractivity contribution in [2.45, 2.75) is 70.1 Å². The molecule has 5 rings (SSSR count). The Labute approximate surface area is 275 Å². The van der Waals surface area contributed by atoms with Crippen molar-refractivity contribution in [3.63, 3.8) is 0 Å². The van der Waals surface area contributed by atoms with E-state index in [2.05, 4.69) is 22.1 Å². The summed E-state index contributed by atoms with van der Waals surface area (Å²) in [6.45, 7) is 2.01. The summed E-state index contributed by atoms with van der Waals surface area (Å²) in [6.07, 6.45) is 2.65. The lowest BCUT2D eigenvalue weighted by molar-refractivity contribution is -0.139. The number of hydrogen-bond acceptors (Lipinski definition) is 9. The summed E-state index contributed by atoms with van der Waals surface area (Å²) in [5.74, 6) is -3.74. The maximum Gasteiger partial charge on any atom is 0.421 e. The molecule has 0 N–H and O–H groups in total. The van der Waals surface area contributed by atoms with E-state index in [1.807, 2.05) is 0 Å². The Bertz CT molecular complexity index is 1600. The van der Waals surface area contributed by atoms with Crippen LogP contribution in [0.15, 0.2) is 30.6 Å². The molecule has 0 saturated heterocycles. The lowest BCUT2D eigenvalue weighted by Gasteiger charge is -2.36. The lowest BCUT2D eigenvalue weighted by atomic mass is 9.82. The van der Waals surface area contributed by atoms with Gasteiger partial charge in [0.2, 0.25) is 11.8 Å². The Morgan fingerprint density at radius 1 is 1.00 bits per heavy atom. The number of benzene rings is 1. The number of halogens is 4. The van der Waals surface area contributed by atoms with Crippen molar-refractivity contribution < 1.29 is 46.1 Å². The molecule has 0 radical (unpaired) electrons. The molecule has 1 aromatic carbocycles. The van der Waals surface area contributed by atoms with Gasteiger partial charge in [0.05, 0.1) is 56.1 Å². The molecule has 1 amide bonds. The Hall–Kier alpha value is -4.11. The van der Waals surface area contributed by atoms with Crippen LogP contribution in [-0.2, 0) is 31.7 Å². The third kappa shape index (κ3) is 8.12. The molecule has 2 aliphatic carbocycles. The first kappa shape index (κ1) is 35.2. The van der Waals surface area contributed by atoms with Crippen molar-refractivity contribution in [3.05, 3.63) is 58.8 Å². The lowest BCUT2D eigenvalue weighted by Crippen LogP contribution is -2.49. The van der Waals surface area contributed by atoms with E-state index in [-0.39, 0.29) is 42.5 Å². The normalized spacial score (nSPS) is 18.2. The maximum atomic E-state index is 15.9. The molecule has 0 spiro atoms. The largest absolute Gasteiger partial charge is 0.465 e. The quantitative estimate of drug-likeness (QED) is 0.155. The highest BCUT2D eigenvalue weighted by Gasteiger charge is 2.38. The van der Waals surface area contributed by atoms with Gasteiger partial charge < -0.3 is 23.8 Å². The minimum Gasteiger partial charge on any atom is -0.465 e. The van der Waals surface area contributed by atoms with Crippen LogP contribution in [-0.4, -0.2) is 72.4 Å². The topological polar surface area (TPSA) is 118 Å². The summed E-state index contributed by atoms with van der Waals surface area (Å²) in [4.78, 5) is 33.6. The first-order valence-electron chi connectivity index (χ1n) is 15.8. The molecule has 3 aromatic rings. The summed E-state index contributed by atoms with van der Waals surface area (Å²) in [5.41, 5.74) is -0.784. The SMILES string of the molecule is COCC(COC)N(c1cc(F)c(Oc2ncc(Cn3ncc(C4CC4)n3)cc2C(F)(F)F)cc1C(=O)OC)C(=O)[C@H]1CC[C@H](C)CC1. The predicted molar refractivity (Wildman–Crippen MR) is 164 cm³/mol. The molecule has 2 aliphatic rings. The molecule has 2 fully saturated rings. The molecular formula is C33H39F4N5O6. The van der Waals surface area contributed by atoms with E-state index in [1.165, 1.54) is 23.9 Å². The fraction of sp³-hybridized carbons (Fsp3) is 0.545. The monoisotopic (exact) mass is 677 g/mol. The molecule has 0 unspecified atom stereocenters. The highest BCUT2D eigenvalue weighted by atomic mass is 19.4. The first-order valence-corrected chi connectivity index (χ1v) is 15.8. The van der Waals surface area contributed by atoms with E-state index in [0.717, 1.165) is 62.9 Å². The minimum atomic E-state index is -4.93. The van der Waals surface area contributed by atoms with E-state index < -0.39 is 47.1 Å². The van der Waals surface area contributed by atoms with Crippen molar-refractivity contribution in [2.75, 3.05) is 39.4 Å². The van der Waals surface area contributed by atoms with Gasteiger partial charge in [-0.05, 0) is 56.1 Å². The van der Waals surface area contributed by atoms with E-state index >= 15 is 4.39 Å². The minimum absolute atomic E-state index is 0.00958. The van der Waals surface area contributed by atoms with Gasteiger partial charge in [-0.25, -0.2) is 14.2 Å². The predicted octanol–water partition coefficient (Wildman–Crippen LogP) is 6.16. The number of esters is 1. The molecule has 2 heterocycles. The number of alkyl halides is 3. The van der Waals surface area contributed by atoms with Crippen molar-refractivity contribution in [1.82, 2.24) is 20.0 Å². The van der Waals surface area contributed by atoms with E-state index in [0.29, 0.717) is 24.7 Å². The summed E-state index contributed by atoms with van der Waals surface area (Å²) in [6, 6.07) is 1.86. The zero-order valence-corrected chi connectivity index (χ0v) is 27.3. The van der Waals surface area contributed by atoms with Crippen LogP contribution in [0, 0.1) is 17.7 Å². The van der Waals surface area contributed by atoms with Crippen molar-refractivity contribution in [3.8, 4) is 11.6 Å². The molecule has 15 heteroatoms. The molecule has 0 atom stereocenters. The number of amides is 1. The molecule has 2 aromatic heterocycles. The number of rotatable bonds is 13. The van der Waals surface area contributed by atoms with Crippen LogP contribution in [0.3, 0.4) is 0 Å². The Balaban J connectivity index is 1.51. The molecule has 48 heavy (non-hydrogen) atoms.